The molecule has 0 heterocycles. The Morgan fingerprint density at radius 3 is 2.40 bits per heavy atom. The van der Waals surface area contributed by atoms with Gasteiger partial charge < -0.3 is 0 Å². The number of rotatable bonds is 5. The van der Waals surface area contributed by atoms with Crippen LogP contribution in [0.1, 0.15) is 24.8 Å². The molecule has 1 rings (SSSR count). The van der Waals surface area contributed by atoms with Crippen molar-refractivity contribution >= 4 is 23.4 Å². The van der Waals surface area contributed by atoms with Gasteiger partial charge in [-0.1, -0.05) is 42.4 Å². The van der Waals surface area contributed by atoms with Crippen LogP contribution in [-0.2, 0) is 0 Å². The highest BCUT2D eigenvalue weighted by molar-refractivity contribution is 8.00. The summed E-state index contributed by atoms with van der Waals surface area (Å²) < 4.78 is 24.6. The zero-order valence-corrected chi connectivity index (χ0v) is 9.99. The number of halogens is 3. The van der Waals surface area contributed by atoms with E-state index in [0.717, 1.165) is 22.2 Å². The van der Waals surface area contributed by atoms with Crippen LogP contribution in [0.5, 0.6) is 0 Å². The maximum absolute atomic E-state index is 12.4. The van der Waals surface area contributed by atoms with E-state index in [1.807, 2.05) is 31.2 Å². The van der Waals surface area contributed by atoms with E-state index in [-0.39, 0.29) is 12.6 Å². The molecule has 1 aromatic rings. The summed E-state index contributed by atoms with van der Waals surface area (Å²) in [6.45, 7) is 1.66. The van der Waals surface area contributed by atoms with Crippen LogP contribution in [0.4, 0.5) is 8.78 Å². The average molecular weight is 251 g/mol. The summed E-state index contributed by atoms with van der Waals surface area (Å²) in [5, 5.41) is 0. The number of benzene rings is 1. The fourth-order valence-corrected chi connectivity index (χ4v) is 2.12. The molecule has 4 heteroatoms. The van der Waals surface area contributed by atoms with Gasteiger partial charge in [0.2, 0.25) is 4.96 Å². The second-order valence-corrected chi connectivity index (χ2v) is 5.09. The monoisotopic (exact) mass is 250 g/mol. The van der Waals surface area contributed by atoms with Crippen LogP contribution in [0.15, 0.2) is 29.2 Å². The molecule has 0 nitrogen and oxygen atoms in total. The molecule has 1 aromatic carbocycles. The maximum Gasteiger partial charge on any atom is 0.223 e. The third-order valence-corrected chi connectivity index (χ3v) is 3.21. The van der Waals surface area contributed by atoms with Crippen LogP contribution >= 0.6 is 23.4 Å². The zero-order valence-electron chi connectivity index (χ0n) is 8.42. The molecule has 0 saturated heterocycles. The Morgan fingerprint density at radius 1 is 1.33 bits per heavy atom. The highest BCUT2D eigenvalue weighted by atomic mass is 35.5. The molecule has 0 N–H and O–H groups in total. The van der Waals surface area contributed by atoms with Gasteiger partial charge in [0.15, 0.2) is 0 Å². The molecule has 0 fully saturated rings. The first-order chi connectivity index (χ1) is 7.13. The van der Waals surface area contributed by atoms with E-state index in [4.69, 9.17) is 11.6 Å². The molecule has 84 valence electrons. The molecule has 0 aromatic heterocycles. The minimum atomic E-state index is -1.42. The predicted octanol–water partition coefficient (Wildman–Crippen LogP) is 4.73. The Labute approximate surface area is 98.0 Å². The van der Waals surface area contributed by atoms with Crippen LogP contribution in [0.2, 0.25) is 0 Å². The van der Waals surface area contributed by atoms with Crippen molar-refractivity contribution in [2.75, 3.05) is 6.67 Å². The van der Waals surface area contributed by atoms with E-state index >= 15 is 0 Å². The molecule has 2 atom stereocenters. The van der Waals surface area contributed by atoms with Crippen LogP contribution in [0, 0.1) is 0 Å². The van der Waals surface area contributed by atoms with Gasteiger partial charge in [-0.15, -0.1) is 0 Å². The SMILES string of the molecule is CC(CCF)c1ccc(SC(F)Cl)cc1. The number of hydrogen-bond acceptors (Lipinski definition) is 1. The maximum atomic E-state index is 12.4. The van der Waals surface area contributed by atoms with Crippen molar-refractivity contribution < 1.29 is 8.78 Å². The number of thioether (sulfide) groups is 1. The van der Waals surface area contributed by atoms with Crippen LogP contribution in [-0.4, -0.2) is 11.6 Å². The highest BCUT2D eigenvalue weighted by Gasteiger charge is 2.07. The Hall–Kier alpha value is -0.280. The van der Waals surface area contributed by atoms with E-state index in [0.29, 0.717) is 6.42 Å². The minimum Gasteiger partial charge on any atom is -0.251 e. The van der Waals surface area contributed by atoms with E-state index < -0.39 is 4.96 Å². The Morgan fingerprint density at radius 2 is 1.93 bits per heavy atom. The quantitative estimate of drug-likeness (QED) is 0.538. The van der Waals surface area contributed by atoms with E-state index in [1.54, 1.807) is 0 Å². The summed E-state index contributed by atoms with van der Waals surface area (Å²) in [5.41, 5.74) is 1.07. The molecule has 2 unspecified atom stereocenters. The molecule has 0 bridgehead atoms. The topological polar surface area (TPSA) is 0 Å². The average Bonchev–Trinajstić information content (AvgIpc) is 2.18. The standard InChI is InChI=1S/C11H13ClF2S/c1-8(6-7-13)9-2-4-10(5-3-9)15-11(12)14/h2-5,8,11H,6-7H2,1H3. The van der Waals surface area contributed by atoms with Crippen molar-refractivity contribution in [2.45, 2.75) is 29.1 Å². The first-order valence-electron chi connectivity index (χ1n) is 4.74. The molecular formula is C11H13ClF2S. The Bertz CT molecular complexity index is 287. The Kier molecular flexibility index (Phi) is 5.40. The molecule has 0 saturated carbocycles. The smallest absolute Gasteiger partial charge is 0.223 e. The minimum absolute atomic E-state index is 0.200. The van der Waals surface area contributed by atoms with E-state index in [1.165, 1.54) is 0 Å². The van der Waals surface area contributed by atoms with Crippen molar-refractivity contribution in [1.82, 2.24) is 0 Å². The van der Waals surface area contributed by atoms with Crippen LogP contribution in [0.3, 0.4) is 0 Å². The van der Waals surface area contributed by atoms with Crippen molar-refractivity contribution in [2.24, 2.45) is 0 Å². The summed E-state index contributed by atoms with van der Waals surface area (Å²) >= 11 is 6.17. The molecule has 0 aliphatic heterocycles. The lowest BCUT2D eigenvalue weighted by atomic mass is 9.99. The van der Waals surface area contributed by atoms with Gasteiger partial charge >= 0.3 is 0 Å². The second kappa shape index (κ2) is 6.33. The second-order valence-electron chi connectivity index (χ2n) is 3.33. The zero-order chi connectivity index (χ0) is 11.3. The van der Waals surface area contributed by atoms with Gasteiger partial charge in [-0.25, -0.2) is 4.39 Å². The lowest BCUT2D eigenvalue weighted by Gasteiger charge is -2.10. The fourth-order valence-electron chi connectivity index (χ4n) is 1.31. The van der Waals surface area contributed by atoms with Crippen molar-refractivity contribution in [3.05, 3.63) is 29.8 Å². The molecule has 0 amide bonds. The largest absolute Gasteiger partial charge is 0.251 e. The van der Waals surface area contributed by atoms with Crippen molar-refractivity contribution in [1.29, 1.82) is 0 Å². The van der Waals surface area contributed by atoms with Gasteiger partial charge in [-0.3, -0.25) is 4.39 Å². The normalized spacial score (nSPS) is 14.9. The molecule has 0 radical (unpaired) electrons. The predicted molar refractivity (Wildman–Crippen MR) is 62.1 cm³/mol. The lowest BCUT2D eigenvalue weighted by molar-refractivity contribution is 0.448. The van der Waals surface area contributed by atoms with Crippen molar-refractivity contribution in [3.63, 3.8) is 0 Å². The molecule has 0 spiro atoms. The van der Waals surface area contributed by atoms with E-state index in [9.17, 15) is 8.78 Å². The van der Waals surface area contributed by atoms with Gasteiger partial charge in [0.25, 0.3) is 0 Å². The molecule has 0 aliphatic rings. The molecule has 0 aliphatic carbocycles. The van der Waals surface area contributed by atoms with Gasteiger partial charge in [-0.05, 0) is 30.0 Å². The van der Waals surface area contributed by atoms with E-state index in [2.05, 4.69) is 0 Å². The summed E-state index contributed by atoms with van der Waals surface area (Å²) in [6, 6.07) is 7.40. The van der Waals surface area contributed by atoms with Gasteiger partial charge in [0, 0.05) is 4.90 Å². The first-order valence-corrected chi connectivity index (χ1v) is 6.06. The van der Waals surface area contributed by atoms with Crippen molar-refractivity contribution in [3.8, 4) is 0 Å². The Balaban J connectivity index is 2.63. The van der Waals surface area contributed by atoms with Crippen LogP contribution < -0.4 is 0 Å². The third-order valence-electron chi connectivity index (χ3n) is 2.22. The third kappa shape index (κ3) is 4.39. The molecular weight excluding hydrogens is 238 g/mol. The van der Waals surface area contributed by atoms with Gasteiger partial charge in [0.05, 0.1) is 6.67 Å². The van der Waals surface area contributed by atoms with Gasteiger partial charge in [-0.2, -0.15) is 0 Å². The van der Waals surface area contributed by atoms with Gasteiger partial charge in [0.1, 0.15) is 0 Å². The highest BCUT2D eigenvalue weighted by Crippen LogP contribution is 2.28. The molecule has 15 heavy (non-hydrogen) atoms. The summed E-state index contributed by atoms with van der Waals surface area (Å²) in [4.78, 5) is -0.632. The lowest BCUT2D eigenvalue weighted by Crippen LogP contribution is -1.94. The fraction of sp³-hybridized carbons (Fsp3) is 0.455. The summed E-state index contributed by atoms with van der Waals surface area (Å²) in [6.07, 6.45) is 0.522. The summed E-state index contributed by atoms with van der Waals surface area (Å²) in [7, 11) is 0. The number of alkyl halides is 3. The number of hydrogen-bond donors (Lipinski definition) is 0. The summed E-state index contributed by atoms with van der Waals surface area (Å²) in [5.74, 6) is 0.200. The first kappa shape index (κ1) is 12.8. The van der Waals surface area contributed by atoms with Crippen LogP contribution in [0.25, 0.3) is 0 Å².